The lowest BCUT2D eigenvalue weighted by Gasteiger charge is -2.39. The number of likely N-dealkylation sites (tertiary alicyclic amines) is 2. The molecule has 5 rings (SSSR count). The Morgan fingerprint density at radius 2 is 1.84 bits per heavy atom. The van der Waals surface area contributed by atoms with Crippen LogP contribution in [0.4, 0.5) is 4.79 Å². The number of urea groups is 1. The molecule has 7 heteroatoms. The Kier molecular flexibility index (Phi) is 5.24. The van der Waals surface area contributed by atoms with Crippen LogP contribution in [0.25, 0.3) is 0 Å². The zero-order valence-corrected chi connectivity index (χ0v) is 18.3. The molecule has 1 aromatic rings. The predicted molar refractivity (Wildman–Crippen MR) is 116 cm³/mol. The summed E-state index contributed by atoms with van der Waals surface area (Å²) in [5.74, 6) is 0.722. The molecule has 1 saturated carbocycles. The van der Waals surface area contributed by atoms with E-state index in [1.165, 1.54) is 10.5 Å². The van der Waals surface area contributed by atoms with Gasteiger partial charge < -0.3 is 10.2 Å². The molecule has 4 amide bonds. The summed E-state index contributed by atoms with van der Waals surface area (Å²) < 4.78 is 0. The van der Waals surface area contributed by atoms with E-state index in [0.29, 0.717) is 25.3 Å². The maximum absolute atomic E-state index is 13.5. The Labute approximate surface area is 183 Å². The minimum absolute atomic E-state index is 0.0871. The van der Waals surface area contributed by atoms with Gasteiger partial charge in [0.15, 0.2) is 0 Å². The molecule has 4 aliphatic rings. The van der Waals surface area contributed by atoms with Gasteiger partial charge in [0, 0.05) is 38.6 Å². The number of nitrogens with one attached hydrogen (secondary N) is 1. The lowest BCUT2D eigenvalue weighted by Crippen LogP contribution is -2.56. The Morgan fingerprint density at radius 3 is 2.52 bits per heavy atom. The van der Waals surface area contributed by atoms with Gasteiger partial charge in [-0.1, -0.05) is 37.3 Å². The van der Waals surface area contributed by atoms with Gasteiger partial charge in [-0.05, 0) is 43.6 Å². The van der Waals surface area contributed by atoms with E-state index in [-0.39, 0.29) is 29.8 Å². The first kappa shape index (κ1) is 20.5. The number of carbonyl (C=O) groups is 3. The number of hydrogen-bond donors (Lipinski definition) is 1. The average Bonchev–Trinajstić information content (AvgIpc) is 3.46. The highest BCUT2D eigenvalue weighted by Crippen LogP contribution is 2.40. The van der Waals surface area contributed by atoms with Crippen molar-refractivity contribution in [2.45, 2.75) is 57.2 Å². The van der Waals surface area contributed by atoms with E-state index < -0.39 is 5.54 Å². The van der Waals surface area contributed by atoms with Gasteiger partial charge in [-0.15, -0.1) is 0 Å². The first-order valence-electron chi connectivity index (χ1n) is 11.7. The van der Waals surface area contributed by atoms with Crippen molar-refractivity contribution in [1.82, 2.24) is 20.0 Å². The average molecular weight is 425 g/mol. The molecule has 3 aliphatic heterocycles. The molecule has 0 bridgehead atoms. The number of nitrogens with zero attached hydrogens (tertiary/aromatic N) is 3. The molecule has 1 aromatic carbocycles. The molecule has 166 valence electrons. The highest BCUT2D eigenvalue weighted by molar-refractivity contribution is 6.07. The van der Waals surface area contributed by atoms with Gasteiger partial charge in [-0.3, -0.25) is 19.4 Å². The first-order valence-corrected chi connectivity index (χ1v) is 11.7. The number of rotatable bonds is 4. The standard InChI is InChI=1S/C24H32N4O3/c1-17-14-20(17)21(29)27-11-5-8-19(16-27)28-22(30)24(25-23(28)31)9-12-26(13-10-24)15-18-6-3-2-4-7-18/h2-4,6-7,17,19-20H,5,8-16H2,1H3,(H,25,31)/t17-,19-,20+/m1/s1. The molecule has 3 atom stereocenters. The van der Waals surface area contributed by atoms with Crippen molar-refractivity contribution in [3.8, 4) is 0 Å². The fraction of sp³-hybridized carbons (Fsp3) is 0.625. The number of imide groups is 1. The van der Waals surface area contributed by atoms with Crippen LogP contribution < -0.4 is 5.32 Å². The number of amides is 4. The Hall–Kier alpha value is -2.41. The molecule has 1 aliphatic carbocycles. The van der Waals surface area contributed by atoms with E-state index in [1.54, 1.807) is 0 Å². The minimum Gasteiger partial charge on any atom is -0.340 e. The Balaban J connectivity index is 1.22. The number of benzene rings is 1. The van der Waals surface area contributed by atoms with Crippen molar-refractivity contribution in [3.63, 3.8) is 0 Å². The largest absolute Gasteiger partial charge is 0.340 e. The summed E-state index contributed by atoms with van der Waals surface area (Å²) in [5, 5.41) is 3.04. The van der Waals surface area contributed by atoms with E-state index in [0.717, 1.165) is 45.4 Å². The SMILES string of the molecule is C[C@@H]1C[C@@H]1C(=O)N1CCC[C@@H](N2C(=O)NC3(CCN(Cc4ccccc4)CC3)C2=O)C1. The monoisotopic (exact) mass is 424 g/mol. The Bertz CT molecular complexity index is 865. The fourth-order valence-electron chi connectivity index (χ4n) is 5.51. The lowest BCUT2D eigenvalue weighted by atomic mass is 9.87. The second kappa shape index (κ2) is 7.93. The summed E-state index contributed by atoms with van der Waals surface area (Å²) in [6.45, 7) is 5.75. The molecule has 0 radical (unpaired) electrons. The molecule has 1 spiro atoms. The highest BCUT2D eigenvalue weighted by Gasteiger charge is 2.55. The minimum atomic E-state index is -0.776. The van der Waals surface area contributed by atoms with Crippen LogP contribution in [0.3, 0.4) is 0 Å². The van der Waals surface area contributed by atoms with Crippen LogP contribution in [0.15, 0.2) is 30.3 Å². The number of carbonyl (C=O) groups excluding carboxylic acids is 3. The van der Waals surface area contributed by atoms with Gasteiger partial charge in [0.05, 0.1) is 6.04 Å². The fourth-order valence-corrected chi connectivity index (χ4v) is 5.51. The van der Waals surface area contributed by atoms with E-state index in [1.807, 2.05) is 23.1 Å². The third kappa shape index (κ3) is 3.84. The highest BCUT2D eigenvalue weighted by atomic mass is 16.2. The topological polar surface area (TPSA) is 73.0 Å². The zero-order valence-electron chi connectivity index (χ0n) is 18.3. The molecular weight excluding hydrogens is 392 g/mol. The summed E-state index contributed by atoms with van der Waals surface area (Å²) in [5.41, 5.74) is 0.487. The van der Waals surface area contributed by atoms with E-state index >= 15 is 0 Å². The van der Waals surface area contributed by atoms with E-state index in [9.17, 15) is 14.4 Å². The van der Waals surface area contributed by atoms with Crippen molar-refractivity contribution < 1.29 is 14.4 Å². The Morgan fingerprint density at radius 1 is 1.13 bits per heavy atom. The quantitative estimate of drug-likeness (QED) is 0.753. The summed E-state index contributed by atoms with van der Waals surface area (Å²) in [4.78, 5) is 44.7. The van der Waals surface area contributed by atoms with Crippen molar-refractivity contribution in [2.75, 3.05) is 26.2 Å². The molecule has 0 aromatic heterocycles. The molecule has 7 nitrogen and oxygen atoms in total. The maximum Gasteiger partial charge on any atom is 0.325 e. The second-order valence-corrected chi connectivity index (χ2v) is 9.85. The van der Waals surface area contributed by atoms with Crippen LogP contribution in [0.5, 0.6) is 0 Å². The normalized spacial score (nSPS) is 30.5. The van der Waals surface area contributed by atoms with E-state index in [2.05, 4.69) is 29.3 Å². The van der Waals surface area contributed by atoms with Crippen LogP contribution in [-0.4, -0.2) is 70.3 Å². The second-order valence-electron chi connectivity index (χ2n) is 9.85. The zero-order chi connectivity index (χ0) is 21.6. The number of hydrogen-bond acceptors (Lipinski definition) is 4. The van der Waals surface area contributed by atoms with Crippen LogP contribution in [0.2, 0.25) is 0 Å². The summed E-state index contributed by atoms with van der Waals surface area (Å²) in [6.07, 6.45) is 3.85. The number of piperidine rings is 2. The van der Waals surface area contributed by atoms with Crippen molar-refractivity contribution in [2.24, 2.45) is 11.8 Å². The molecule has 31 heavy (non-hydrogen) atoms. The molecule has 3 saturated heterocycles. The lowest BCUT2D eigenvalue weighted by molar-refractivity contribution is -0.140. The van der Waals surface area contributed by atoms with Gasteiger partial charge in [-0.25, -0.2) is 4.79 Å². The molecule has 3 heterocycles. The summed E-state index contributed by atoms with van der Waals surface area (Å²) >= 11 is 0. The van der Waals surface area contributed by atoms with Gasteiger partial charge in [0.2, 0.25) is 5.91 Å². The van der Waals surface area contributed by atoms with Crippen LogP contribution in [-0.2, 0) is 16.1 Å². The van der Waals surface area contributed by atoms with Gasteiger partial charge in [-0.2, -0.15) is 0 Å². The van der Waals surface area contributed by atoms with Crippen LogP contribution in [0, 0.1) is 11.8 Å². The summed E-state index contributed by atoms with van der Waals surface area (Å²) in [6, 6.07) is 9.85. The predicted octanol–water partition coefficient (Wildman–Crippen LogP) is 2.22. The van der Waals surface area contributed by atoms with Crippen molar-refractivity contribution in [1.29, 1.82) is 0 Å². The first-order chi connectivity index (χ1) is 15.0. The molecule has 0 unspecified atom stereocenters. The maximum atomic E-state index is 13.5. The third-order valence-electron chi connectivity index (χ3n) is 7.65. The van der Waals surface area contributed by atoms with Gasteiger partial charge >= 0.3 is 6.03 Å². The van der Waals surface area contributed by atoms with E-state index in [4.69, 9.17) is 0 Å². The third-order valence-corrected chi connectivity index (χ3v) is 7.65. The summed E-state index contributed by atoms with van der Waals surface area (Å²) in [7, 11) is 0. The molecule has 4 fully saturated rings. The van der Waals surface area contributed by atoms with Crippen molar-refractivity contribution in [3.05, 3.63) is 35.9 Å². The van der Waals surface area contributed by atoms with Gasteiger partial charge in [0.25, 0.3) is 5.91 Å². The molecule has 1 N–H and O–H groups in total. The van der Waals surface area contributed by atoms with Crippen LogP contribution >= 0.6 is 0 Å². The van der Waals surface area contributed by atoms with Crippen molar-refractivity contribution >= 4 is 17.8 Å². The van der Waals surface area contributed by atoms with Gasteiger partial charge in [0.1, 0.15) is 5.54 Å². The molecular formula is C24H32N4O3. The van der Waals surface area contributed by atoms with Crippen LogP contribution in [0.1, 0.15) is 44.6 Å². The smallest absolute Gasteiger partial charge is 0.325 e.